The minimum atomic E-state index is -4.27. The second kappa shape index (κ2) is 7.65. The number of carbonyl (C=O) groups excluding carboxylic acids is 2. The standard InChI is InChI=1S/C19H17ClN2O5S/c1-12-2-7-17(23)13(8-12)9-14-10-21-18(24)11-22(19(14)25)28(26,27)16-5-3-15(20)4-6-16/h2-9,23H,10-11H2,1H3,(H,21,24)/b14-9+. The molecule has 0 aliphatic carbocycles. The summed E-state index contributed by atoms with van der Waals surface area (Å²) in [6, 6.07) is 10.1. The second-order valence-electron chi connectivity index (χ2n) is 6.28. The van der Waals surface area contributed by atoms with Crippen molar-refractivity contribution >= 4 is 39.5 Å². The van der Waals surface area contributed by atoms with Gasteiger partial charge in [0.15, 0.2) is 0 Å². The number of nitrogens with zero attached hydrogens (tertiary/aromatic N) is 1. The lowest BCUT2D eigenvalue weighted by molar-refractivity contribution is -0.127. The van der Waals surface area contributed by atoms with Crippen molar-refractivity contribution in [2.75, 3.05) is 13.1 Å². The molecule has 0 saturated carbocycles. The summed E-state index contributed by atoms with van der Waals surface area (Å²) in [4.78, 5) is 24.8. The smallest absolute Gasteiger partial charge is 0.267 e. The molecule has 1 aliphatic heterocycles. The molecule has 1 heterocycles. The first-order chi connectivity index (χ1) is 13.2. The van der Waals surface area contributed by atoms with Gasteiger partial charge in [-0.25, -0.2) is 12.7 Å². The van der Waals surface area contributed by atoms with Gasteiger partial charge in [-0.1, -0.05) is 23.2 Å². The van der Waals surface area contributed by atoms with Crippen molar-refractivity contribution < 1.29 is 23.1 Å². The molecule has 0 radical (unpaired) electrons. The number of aromatic hydroxyl groups is 1. The molecule has 28 heavy (non-hydrogen) atoms. The van der Waals surface area contributed by atoms with Gasteiger partial charge in [0.2, 0.25) is 5.91 Å². The van der Waals surface area contributed by atoms with E-state index < -0.39 is 28.4 Å². The van der Waals surface area contributed by atoms with E-state index in [0.717, 1.165) is 5.56 Å². The number of sulfonamides is 1. The van der Waals surface area contributed by atoms with Crippen LogP contribution in [-0.4, -0.2) is 42.7 Å². The van der Waals surface area contributed by atoms with E-state index in [9.17, 15) is 23.1 Å². The molecule has 2 N–H and O–H groups in total. The van der Waals surface area contributed by atoms with E-state index in [1.54, 1.807) is 12.1 Å². The Morgan fingerprint density at radius 3 is 2.50 bits per heavy atom. The number of hydrogen-bond donors (Lipinski definition) is 2. The molecule has 0 unspecified atom stereocenters. The maximum atomic E-state index is 13.0. The van der Waals surface area contributed by atoms with Crippen LogP contribution in [-0.2, 0) is 19.6 Å². The Bertz CT molecular complexity index is 1080. The maximum Gasteiger partial charge on any atom is 0.267 e. The highest BCUT2D eigenvalue weighted by Crippen LogP contribution is 2.25. The Kier molecular flexibility index (Phi) is 5.44. The van der Waals surface area contributed by atoms with E-state index in [-0.39, 0.29) is 22.8 Å². The first-order valence-electron chi connectivity index (χ1n) is 8.28. The van der Waals surface area contributed by atoms with Crippen LogP contribution in [0, 0.1) is 6.92 Å². The number of phenolic OH excluding ortho intramolecular Hbond substituents is 1. The number of nitrogens with one attached hydrogen (secondary N) is 1. The highest BCUT2D eigenvalue weighted by Gasteiger charge is 2.35. The number of aryl methyl sites for hydroxylation is 1. The van der Waals surface area contributed by atoms with Crippen LogP contribution >= 0.6 is 11.6 Å². The van der Waals surface area contributed by atoms with Crippen LogP contribution in [0.4, 0.5) is 0 Å². The normalized spacial score (nSPS) is 16.8. The van der Waals surface area contributed by atoms with Crippen LogP contribution in [0.5, 0.6) is 5.75 Å². The van der Waals surface area contributed by atoms with Gasteiger partial charge in [-0.15, -0.1) is 0 Å². The fraction of sp³-hybridized carbons (Fsp3) is 0.158. The summed E-state index contributed by atoms with van der Waals surface area (Å²) >= 11 is 5.79. The van der Waals surface area contributed by atoms with Gasteiger partial charge in [0.1, 0.15) is 12.3 Å². The van der Waals surface area contributed by atoms with Gasteiger partial charge < -0.3 is 10.4 Å². The Morgan fingerprint density at radius 2 is 1.82 bits per heavy atom. The lowest BCUT2D eigenvalue weighted by Gasteiger charge is -2.20. The fourth-order valence-electron chi connectivity index (χ4n) is 2.71. The monoisotopic (exact) mass is 420 g/mol. The number of hydrogen-bond acceptors (Lipinski definition) is 5. The Balaban J connectivity index is 2.05. The molecule has 2 amide bonds. The van der Waals surface area contributed by atoms with Crippen molar-refractivity contribution in [1.82, 2.24) is 9.62 Å². The average Bonchev–Trinajstić information content (AvgIpc) is 2.79. The van der Waals surface area contributed by atoms with E-state index >= 15 is 0 Å². The van der Waals surface area contributed by atoms with E-state index in [1.807, 2.05) is 6.92 Å². The molecule has 0 spiro atoms. The van der Waals surface area contributed by atoms with Crippen molar-refractivity contribution in [1.29, 1.82) is 0 Å². The van der Waals surface area contributed by atoms with Crippen LogP contribution in [0.15, 0.2) is 52.9 Å². The summed E-state index contributed by atoms with van der Waals surface area (Å²) in [7, 11) is -4.27. The topological polar surface area (TPSA) is 104 Å². The van der Waals surface area contributed by atoms with Gasteiger partial charge in [-0.05, 0) is 49.4 Å². The van der Waals surface area contributed by atoms with E-state index in [0.29, 0.717) is 14.9 Å². The lowest BCUT2D eigenvalue weighted by atomic mass is 10.1. The lowest BCUT2D eigenvalue weighted by Crippen LogP contribution is -2.40. The van der Waals surface area contributed by atoms with Crippen LogP contribution in [0.1, 0.15) is 11.1 Å². The molecule has 0 aromatic heterocycles. The molecule has 3 rings (SSSR count). The first kappa shape index (κ1) is 19.9. The Hall–Kier alpha value is -2.84. The van der Waals surface area contributed by atoms with Crippen LogP contribution < -0.4 is 5.32 Å². The van der Waals surface area contributed by atoms with Crippen molar-refractivity contribution in [2.24, 2.45) is 0 Å². The molecule has 146 valence electrons. The summed E-state index contributed by atoms with van der Waals surface area (Å²) in [6.45, 7) is 1.02. The van der Waals surface area contributed by atoms with Gasteiger partial charge in [0, 0.05) is 22.7 Å². The molecular formula is C19H17ClN2O5S. The van der Waals surface area contributed by atoms with Gasteiger partial charge in [0.25, 0.3) is 15.9 Å². The van der Waals surface area contributed by atoms with E-state index in [1.165, 1.54) is 36.4 Å². The van der Waals surface area contributed by atoms with Crippen molar-refractivity contribution in [3.05, 3.63) is 64.2 Å². The minimum absolute atomic E-state index is 0.0317. The van der Waals surface area contributed by atoms with Crippen LogP contribution in [0.2, 0.25) is 5.02 Å². The summed E-state index contributed by atoms with van der Waals surface area (Å²) < 4.78 is 26.4. The number of phenols is 1. The largest absolute Gasteiger partial charge is 0.507 e. The molecule has 1 fully saturated rings. The van der Waals surface area contributed by atoms with Gasteiger partial charge in [-0.2, -0.15) is 0 Å². The van der Waals surface area contributed by atoms with Gasteiger partial charge in [-0.3, -0.25) is 9.59 Å². The van der Waals surface area contributed by atoms with Crippen molar-refractivity contribution in [3.8, 4) is 5.75 Å². The number of benzene rings is 2. The third-order valence-corrected chi connectivity index (χ3v) is 6.17. The van der Waals surface area contributed by atoms with E-state index in [4.69, 9.17) is 11.6 Å². The molecule has 0 atom stereocenters. The molecule has 7 nitrogen and oxygen atoms in total. The highest BCUT2D eigenvalue weighted by atomic mass is 35.5. The number of halogens is 1. The third kappa shape index (κ3) is 4.02. The van der Waals surface area contributed by atoms with E-state index in [2.05, 4.69) is 5.32 Å². The SMILES string of the molecule is Cc1ccc(O)c(/C=C2\CNC(=O)CN(S(=O)(=O)c3ccc(Cl)cc3)C2=O)c1. The average molecular weight is 421 g/mol. The van der Waals surface area contributed by atoms with Gasteiger partial charge >= 0.3 is 0 Å². The van der Waals surface area contributed by atoms with Gasteiger partial charge in [0.05, 0.1) is 4.90 Å². The predicted octanol–water partition coefficient (Wildman–Crippen LogP) is 2.08. The second-order valence-corrected chi connectivity index (χ2v) is 8.58. The zero-order valence-electron chi connectivity index (χ0n) is 14.8. The molecule has 1 aliphatic rings. The molecule has 2 aromatic carbocycles. The summed E-state index contributed by atoms with van der Waals surface area (Å²) in [5.41, 5.74) is 1.23. The first-order valence-corrected chi connectivity index (χ1v) is 10.1. The Morgan fingerprint density at radius 1 is 1.14 bits per heavy atom. The zero-order chi connectivity index (χ0) is 20.5. The van der Waals surface area contributed by atoms with Crippen molar-refractivity contribution in [2.45, 2.75) is 11.8 Å². The maximum absolute atomic E-state index is 13.0. The predicted molar refractivity (Wildman–Crippen MR) is 104 cm³/mol. The molecule has 1 saturated heterocycles. The van der Waals surface area contributed by atoms with Crippen molar-refractivity contribution in [3.63, 3.8) is 0 Å². The minimum Gasteiger partial charge on any atom is -0.507 e. The quantitative estimate of drug-likeness (QED) is 0.740. The molecular weight excluding hydrogens is 404 g/mol. The number of amides is 2. The summed E-state index contributed by atoms with van der Waals surface area (Å²) in [5.74, 6) is -1.51. The number of rotatable bonds is 3. The summed E-state index contributed by atoms with van der Waals surface area (Å²) in [5, 5.41) is 12.9. The van der Waals surface area contributed by atoms with Crippen LogP contribution in [0.3, 0.4) is 0 Å². The summed E-state index contributed by atoms with van der Waals surface area (Å²) in [6.07, 6.45) is 1.38. The number of carbonyl (C=O) groups is 2. The zero-order valence-corrected chi connectivity index (χ0v) is 16.4. The molecule has 2 aromatic rings. The Labute approximate surface area is 167 Å². The highest BCUT2D eigenvalue weighted by molar-refractivity contribution is 7.89. The third-order valence-electron chi connectivity index (χ3n) is 4.18. The molecule has 0 bridgehead atoms. The molecule has 9 heteroatoms. The fourth-order valence-corrected chi connectivity index (χ4v) is 4.19. The van der Waals surface area contributed by atoms with Crippen LogP contribution in [0.25, 0.3) is 6.08 Å².